The van der Waals surface area contributed by atoms with Gasteiger partial charge in [0.25, 0.3) is 5.91 Å². The molecule has 1 fully saturated rings. The Balaban J connectivity index is 1.57. The topological polar surface area (TPSA) is 71.5 Å². The van der Waals surface area contributed by atoms with Crippen LogP contribution >= 0.6 is 11.6 Å². The normalized spacial score (nSPS) is 15.4. The van der Waals surface area contributed by atoms with Crippen LogP contribution in [0.1, 0.15) is 15.9 Å². The van der Waals surface area contributed by atoms with E-state index in [9.17, 15) is 9.90 Å². The van der Waals surface area contributed by atoms with Gasteiger partial charge < -0.3 is 24.2 Å². The molecule has 0 radical (unpaired) electrons. The molecule has 1 amide bonds. The molecule has 0 aliphatic carbocycles. The van der Waals surface area contributed by atoms with Crippen molar-refractivity contribution < 1.29 is 24.1 Å². The molecular formula is C23H29ClN2O5. The molecule has 168 valence electrons. The van der Waals surface area contributed by atoms with Crippen molar-refractivity contribution in [1.29, 1.82) is 0 Å². The van der Waals surface area contributed by atoms with E-state index in [-0.39, 0.29) is 12.5 Å². The summed E-state index contributed by atoms with van der Waals surface area (Å²) in [5.74, 6) is 0.828. The van der Waals surface area contributed by atoms with E-state index < -0.39 is 6.10 Å². The minimum atomic E-state index is -0.629. The van der Waals surface area contributed by atoms with Crippen LogP contribution < -0.4 is 9.47 Å². The third-order valence-electron chi connectivity index (χ3n) is 5.12. The lowest BCUT2D eigenvalue weighted by molar-refractivity contribution is 0.00878. The third-order valence-corrected chi connectivity index (χ3v) is 5.37. The van der Waals surface area contributed by atoms with E-state index in [4.69, 9.17) is 25.8 Å². The molecule has 1 aliphatic heterocycles. The number of hydrogen-bond donors (Lipinski definition) is 1. The number of carbonyl (C=O) groups is 1. The maximum absolute atomic E-state index is 12.8. The highest BCUT2D eigenvalue weighted by molar-refractivity contribution is 6.30. The van der Waals surface area contributed by atoms with Crippen molar-refractivity contribution >= 4 is 17.5 Å². The van der Waals surface area contributed by atoms with Gasteiger partial charge in [-0.25, -0.2) is 0 Å². The number of halogens is 1. The minimum Gasteiger partial charge on any atom is -0.493 e. The Morgan fingerprint density at radius 2 is 1.90 bits per heavy atom. The van der Waals surface area contributed by atoms with Gasteiger partial charge in [0.2, 0.25) is 0 Å². The highest BCUT2D eigenvalue weighted by Gasteiger charge is 2.20. The molecule has 0 bridgehead atoms. The van der Waals surface area contributed by atoms with Gasteiger partial charge in [-0.05, 0) is 35.9 Å². The van der Waals surface area contributed by atoms with E-state index in [1.165, 1.54) is 12.0 Å². The van der Waals surface area contributed by atoms with Crippen molar-refractivity contribution in [3.8, 4) is 11.5 Å². The molecule has 1 N–H and O–H groups in total. The second kappa shape index (κ2) is 11.3. The number of methoxy groups -OCH3 is 1. The number of ether oxygens (including phenoxy) is 3. The maximum Gasteiger partial charge on any atom is 0.253 e. The summed E-state index contributed by atoms with van der Waals surface area (Å²) in [5.41, 5.74) is 1.44. The molecule has 0 spiro atoms. The number of likely N-dealkylation sites (N-methyl/N-ethyl adjacent to an activating group) is 1. The van der Waals surface area contributed by atoms with Crippen molar-refractivity contribution in [3.05, 3.63) is 58.6 Å². The van der Waals surface area contributed by atoms with Gasteiger partial charge in [-0.3, -0.25) is 9.69 Å². The fraction of sp³-hybridized carbons (Fsp3) is 0.435. The molecule has 1 aliphatic rings. The average Bonchev–Trinajstić information content (AvgIpc) is 2.78. The quantitative estimate of drug-likeness (QED) is 0.636. The van der Waals surface area contributed by atoms with E-state index in [0.29, 0.717) is 48.5 Å². The summed E-state index contributed by atoms with van der Waals surface area (Å²) in [6, 6.07) is 12.5. The van der Waals surface area contributed by atoms with E-state index in [1.54, 1.807) is 25.2 Å². The summed E-state index contributed by atoms with van der Waals surface area (Å²) in [4.78, 5) is 16.5. The molecule has 1 atom stereocenters. The molecule has 31 heavy (non-hydrogen) atoms. The van der Waals surface area contributed by atoms with Crippen LogP contribution in [-0.2, 0) is 11.3 Å². The van der Waals surface area contributed by atoms with Crippen LogP contribution in [0.25, 0.3) is 0 Å². The maximum atomic E-state index is 12.8. The lowest BCUT2D eigenvalue weighted by Gasteiger charge is -2.30. The van der Waals surface area contributed by atoms with Gasteiger partial charge in [0.15, 0.2) is 11.5 Å². The first-order chi connectivity index (χ1) is 15.0. The molecule has 1 saturated heterocycles. The Labute approximate surface area is 188 Å². The third kappa shape index (κ3) is 6.83. The number of amides is 1. The van der Waals surface area contributed by atoms with Crippen molar-refractivity contribution in [2.24, 2.45) is 0 Å². The molecule has 0 saturated carbocycles. The number of aliphatic hydroxyl groups excluding tert-OH is 1. The van der Waals surface area contributed by atoms with E-state index in [1.807, 2.05) is 24.3 Å². The number of hydrogen-bond acceptors (Lipinski definition) is 6. The standard InChI is InChI=1S/C23H29ClN2O5/c1-25(14-20(27)15-26-9-11-30-12-10-26)23(28)18-5-8-21(22(13-18)29-2)31-16-17-3-6-19(24)7-4-17/h3-8,13,20,27H,9-12,14-16H2,1-2H3/t20-/m0/s1. The second-order valence-corrected chi connectivity index (χ2v) is 7.97. The zero-order valence-corrected chi connectivity index (χ0v) is 18.7. The zero-order valence-electron chi connectivity index (χ0n) is 17.9. The number of benzene rings is 2. The van der Waals surface area contributed by atoms with Gasteiger partial charge in [-0.2, -0.15) is 0 Å². The fourth-order valence-electron chi connectivity index (χ4n) is 3.42. The summed E-state index contributed by atoms with van der Waals surface area (Å²) in [6.07, 6.45) is -0.629. The number of morpholine rings is 1. The van der Waals surface area contributed by atoms with Gasteiger partial charge in [0.1, 0.15) is 6.61 Å². The highest BCUT2D eigenvalue weighted by atomic mass is 35.5. The SMILES string of the molecule is COc1cc(C(=O)N(C)C[C@H](O)CN2CCOCC2)ccc1OCc1ccc(Cl)cc1. The summed E-state index contributed by atoms with van der Waals surface area (Å²) in [6.45, 7) is 4.05. The molecule has 7 nitrogen and oxygen atoms in total. The smallest absolute Gasteiger partial charge is 0.253 e. The van der Waals surface area contributed by atoms with Crippen molar-refractivity contribution in [2.45, 2.75) is 12.7 Å². The summed E-state index contributed by atoms with van der Waals surface area (Å²) in [7, 11) is 3.22. The van der Waals surface area contributed by atoms with E-state index in [0.717, 1.165) is 18.7 Å². The summed E-state index contributed by atoms with van der Waals surface area (Å²) in [5, 5.41) is 11.0. The van der Waals surface area contributed by atoms with Crippen LogP contribution in [0, 0.1) is 0 Å². The van der Waals surface area contributed by atoms with Crippen LogP contribution in [0.3, 0.4) is 0 Å². The molecule has 2 aromatic rings. The number of rotatable bonds is 9. The lowest BCUT2D eigenvalue weighted by atomic mass is 10.1. The average molecular weight is 449 g/mol. The van der Waals surface area contributed by atoms with Crippen molar-refractivity contribution in [2.75, 3.05) is 53.6 Å². The number of aliphatic hydroxyl groups is 1. The largest absolute Gasteiger partial charge is 0.493 e. The van der Waals surface area contributed by atoms with Gasteiger partial charge >= 0.3 is 0 Å². The van der Waals surface area contributed by atoms with Crippen LogP contribution in [0.4, 0.5) is 0 Å². The Morgan fingerprint density at radius 3 is 2.58 bits per heavy atom. The van der Waals surface area contributed by atoms with Crippen LogP contribution in [0.2, 0.25) is 5.02 Å². The molecule has 0 aromatic heterocycles. The van der Waals surface area contributed by atoms with Crippen LogP contribution in [-0.4, -0.2) is 80.5 Å². The predicted molar refractivity (Wildman–Crippen MR) is 119 cm³/mol. The van der Waals surface area contributed by atoms with Gasteiger partial charge in [0, 0.05) is 43.8 Å². The summed E-state index contributed by atoms with van der Waals surface area (Å²) < 4.78 is 16.6. The Morgan fingerprint density at radius 1 is 1.19 bits per heavy atom. The molecule has 0 unspecified atom stereocenters. The number of carbonyl (C=O) groups excluding carboxylic acids is 1. The Kier molecular flexibility index (Phi) is 8.54. The minimum absolute atomic E-state index is 0.191. The van der Waals surface area contributed by atoms with Gasteiger partial charge in [-0.1, -0.05) is 23.7 Å². The van der Waals surface area contributed by atoms with E-state index >= 15 is 0 Å². The van der Waals surface area contributed by atoms with E-state index in [2.05, 4.69) is 4.90 Å². The Hall–Kier alpha value is -2.32. The van der Waals surface area contributed by atoms with Gasteiger partial charge in [0.05, 0.1) is 26.4 Å². The monoisotopic (exact) mass is 448 g/mol. The summed E-state index contributed by atoms with van der Waals surface area (Å²) >= 11 is 5.91. The molecule has 3 rings (SSSR count). The molecule has 2 aromatic carbocycles. The lowest BCUT2D eigenvalue weighted by Crippen LogP contribution is -2.45. The molecule has 8 heteroatoms. The first kappa shape index (κ1) is 23.3. The number of β-amino-alcohol motifs (C(OH)–C–C–N with tert-alkyl or cyclic N) is 1. The number of nitrogens with zero attached hydrogens (tertiary/aromatic N) is 2. The molecule has 1 heterocycles. The zero-order chi connectivity index (χ0) is 22.2. The second-order valence-electron chi connectivity index (χ2n) is 7.53. The highest BCUT2D eigenvalue weighted by Crippen LogP contribution is 2.29. The Bertz CT molecular complexity index is 856. The van der Waals surface area contributed by atoms with Crippen molar-refractivity contribution in [1.82, 2.24) is 9.80 Å². The first-order valence-corrected chi connectivity index (χ1v) is 10.6. The van der Waals surface area contributed by atoms with Crippen molar-refractivity contribution in [3.63, 3.8) is 0 Å². The van der Waals surface area contributed by atoms with Crippen LogP contribution in [0.5, 0.6) is 11.5 Å². The van der Waals surface area contributed by atoms with Gasteiger partial charge in [-0.15, -0.1) is 0 Å². The fourth-order valence-corrected chi connectivity index (χ4v) is 3.55. The van der Waals surface area contributed by atoms with Crippen LogP contribution in [0.15, 0.2) is 42.5 Å². The predicted octanol–water partition coefficient (Wildman–Crippen LogP) is 2.69. The first-order valence-electron chi connectivity index (χ1n) is 10.2. The molecular weight excluding hydrogens is 420 g/mol.